The summed E-state index contributed by atoms with van der Waals surface area (Å²) in [7, 11) is 0. The Morgan fingerprint density at radius 2 is 1.79 bits per heavy atom. The summed E-state index contributed by atoms with van der Waals surface area (Å²) in [5.41, 5.74) is 5.26. The van der Waals surface area contributed by atoms with Crippen LogP contribution in [0.4, 0.5) is 16.2 Å². The Kier molecular flexibility index (Phi) is 5.21. The van der Waals surface area contributed by atoms with Gasteiger partial charge in [0.25, 0.3) is 11.5 Å². The minimum absolute atomic E-state index is 0.154. The molecule has 0 aliphatic heterocycles. The number of H-pyrrole nitrogens is 1. The number of aromatic amines is 1. The van der Waals surface area contributed by atoms with Gasteiger partial charge in [-0.15, -0.1) is 0 Å². The number of anilines is 2. The van der Waals surface area contributed by atoms with Crippen molar-refractivity contribution in [3.05, 3.63) is 62.9 Å². The van der Waals surface area contributed by atoms with E-state index in [4.69, 9.17) is 5.73 Å². The summed E-state index contributed by atoms with van der Waals surface area (Å²) in [6.07, 6.45) is 2.00. The molecule has 2 heterocycles. The molecule has 3 amide bonds. The maximum Gasteiger partial charge on any atom is 0.329 e. The quantitative estimate of drug-likeness (QED) is 0.523. The summed E-state index contributed by atoms with van der Waals surface area (Å²) >= 11 is 0. The first-order valence-corrected chi connectivity index (χ1v) is 8.49. The molecule has 28 heavy (non-hydrogen) atoms. The molecule has 0 atom stereocenters. The molecule has 0 aliphatic rings. The van der Waals surface area contributed by atoms with Gasteiger partial charge in [-0.3, -0.25) is 19.1 Å². The first kappa shape index (κ1) is 18.8. The highest BCUT2D eigenvalue weighted by Gasteiger charge is 2.13. The van der Waals surface area contributed by atoms with Gasteiger partial charge in [-0.25, -0.2) is 14.6 Å². The second-order valence-electron chi connectivity index (χ2n) is 6.03. The lowest BCUT2D eigenvalue weighted by Gasteiger charge is -2.09. The average Bonchev–Trinajstić information content (AvgIpc) is 2.66. The number of nitrogens with zero attached hydrogens (tertiary/aromatic N) is 2. The van der Waals surface area contributed by atoms with Crippen LogP contribution in [-0.4, -0.2) is 26.5 Å². The zero-order valence-corrected chi connectivity index (χ0v) is 15.0. The number of benzene rings is 1. The van der Waals surface area contributed by atoms with Gasteiger partial charge < -0.3 is 16.4 Å². The Labute approximate surface area is 158 Å². The molecule has 0 saturated carbocycles. The van der Waals surface area contributed by atoms with Crippen LogP contribution in [0.2, 0.25) is 0 Å². The summed E-state index contributed by atoms with van der Waals surface area (Å²) in [6.45, 7) is 2.30. The van der Waals surface area contributed by atoms with Gasteiger partial charge in [0.1, 0.15) is 5.65 Å². The Bertz CT molecular complexity index is 1160. The minimum Gasteiger partial charge on any atom is -0.351 e. The fourth-order valence-electron chi connectivity index (χ4n) is 2.71. The normalized spacial score (nSPS) is 10.6. The number of nitrogens with two attached hydrogens (primary N) is 1. The van der Waals surface area contributed by atoms with Crippen LogP contribution >= 0.6 is 0 Å². The van der Waals surface area contributed by atoms with E-state index in [0.29, 0.717) is 24.3 Å². The lowest BCUT2D eigenvalue weighted by molar-refractivity contribution is 0.102. The third-order valence-corrected chi connectivity index (χ3v) is 3.95. The molecule has 3 rings (SSSR count). The maximum absolute atomic E-state index is 12.5. The topological polar surface area (TPSA) is 152 Å². The van der Waals surface area contributed by atoms with E-state index in [-0.39, 0.29) is 16.6 Å². The maximum atomic E-state index is 12.5. The van der Waals surface area contributed by atoms with Crippen LogP contribution in [0.5, 0.6) is 0 Å². The number of primary amides is 1. The van der Waals surface area contributed by atoms with Crippen molar-refractivity contribution in [2.24, 2.45) is 5.73 Å². The number of pyridine rings is 1. The van der Waals surface area contributed by atoms with Crippen molar-refractivity contribution in [3.8, 4) is 0 Å². The lowest BCUT2D eigenvalue weighted by atomic mass is 10.2. The Balaban J connectivity index is 1.89. The monoisotopic (exact) mass is 382 g/mol. The highest BCUT2D eigenvalue weighted by Crippen LogP contribution is 2.15. The number of rotatable bonds is 5. The number of fused-ring (bicyclic) bond motifs is 1. The fraction of sp³-hybridized carbons (Fsp3) is 0.167. The molecule has 0 fully saturated rings. The molecule has 3 aromatic rings. The van der Waals surface area contributed by atoms with Crippen LogP contribution in [-0.2, 0) is 6.54 Å². The third kappa shape index (κ3) is 3.90. The van der Waals surface area contributed by atoms with Crippen molar-refractivity contribution >= 4 is 34.3 Å². The van der Waals surface area contributed by atoms with Gasteiger partial charge in [-0.1, -0.05) is 6.92 Å². The van der Waals surface area contributed by atoms with Crippen LogP contribution in [0.25, 0.3) is 11.0 Å². The van der Waals surface area contributed by atoms with Crippen LogP contribution in [0, 0.1) is 0 Å². The van der Waals surface area contributed by atoms with E-state index in [1.54, 1.807) is 24.3 Å². The first-order chi connectivity index (χ1) is 13.4. The van der Waals surface area contributed by atoms with Gasteiger partial charge in [0, 0.05) is 24.1 Å². The van der Waals surface area contributed by atoms with Crippen LogP contribution in [0.1, 0.15) is 23.7 Å². The first-order valence-electron chi connectivity index (χ1n) is 8.49. The predicted molar refractivity (Wildman–Crippen MR) is 105 cm³/mol. The number of carbonyl (C=O) groups is 2. The van der Waals surface area contributed by atoms with Crippen LogP contribution in [0.3, 0.4) is 0 Å². The van der Waals surface area contributed by atoms with Crippen molar-refractivity contribution < 1.29 is 9.59 Å². The summed E-state index contributed by atoms with van der Waals surface area (Å²) in [6, 6.07) is 7.03. The molecular weight excluding hydrogens is 364 g/mol. The number of urea groups is 1. The van der Waals surface area contributed by atoms with Gasteiger partial charge in [0.15, 0.2) is 0 Å². The summed E-state index contributed by atoms with van der Waals surface area (Å²) in [5.74, 6) is -0.474. The molecule has 0 bridgehead atoms. The van der Waals surface area contributed by atoms with Gasteiger partial charge in [0.2, 0.25) is 0 Å². The SMILES string of the molecule is CCCn1c(=O)[nH]c(=O)c2cc(C(=O)Nc3ccc(NC(N)=O)cc3)cnc21. The largest absolute Gasteiger partial charge is 0.351 e. The van der Waals surface area contributed by atoms with E-state index in [9.17, 15) is 19.2 Å². The smallest absolute Gasteiger partial charge is 0.329 e. The fourth-order valence-corrected chi connectivity index (χ4v) is 2.71. The number of carbonyl (C=O) groups excluding carboxylic acids is 2. The number of aromatic nitrogens is 3. The highest BCUT2D eigenvalue weighted by molar-refractivity contribution is 6.05. The minimum atomic E-state index is -0.689. The summed E-state index contributed by atoms with van der Waals surface area (Å²) in [5, 5.41) is 5.24. The second kappa shape index (κ2) is 7.74. The lowest BCUT2D eigenvalue weighted by Crippen LogP contribution is -2.31. The summed E-state index contributed by atoms with van der Waals surface area (Å²) in [4.78, 5) is 53.8. The van der Waals surface area contributed by atoms with E-state index < -0.39 is 23.2 Å². The van der Waals surface area contributed by atoms with Gasteiger partial charge in [0.05, 0.1) is 10.9 Å². The van der Waals surface area contributed by atoms with Crippen molar-refractivity contribution in [2.75, 3.05) is 10.6 Å². The predicted octanol–water partition coefficient (Wildman–Crippen LogP) is 1.24. The molecule has 0 aliphatic carbocycles. The number of hydrogen-bond acceptors (Lipinski definition) is 5. The molecule has 10 heteroatoms. The Morgan fingerprint density at radius 1 is 1.14 bits per heavy atom. The average molecular weight is 382 g/mol. The molecule has 0 unspecified atom stereocenters. The van der Waals surface area contributed by atoms with E-state index >= 15 is 0 Å². The Morgan fingerprint density at radius 3 is 2.39 bits per heavy atom. The molecule has 0 saturated heterocycles. The van der Waals surface area contributed by atoms with E-state index in [0.717, 1.165) is 0 Å². The van der Waals surface area contributed by atoms with Crippen LogP contribution < -0.4 is 27.6 Å². The van der Waals surface area contributed by atoms with Crippen molar-refractivity contribution in [3.63, 3.8) is 0 Å². The molecule has 10 nitrogen and oxygen atoms in total. The van der Waals surface area contributed by atoms with Crippen molar-refractivity contribution in [1.82, 2.24) is 14.5 Å². The molecule has 0 spiro atoms. The highest BCUT2D eigenvalue weighted by atomic mass is 16.2. The number of aryl methyl sites for hydroxylation is 1. The molecule has 5 N–H and O–H groups in total. The van der Waals surface area contributed by atoms with Crippen LogP contribution in [0.15, 0.2) is 46.1 Å². The van der Waals surface area contributed by atoms with Gasteiger partial charge >= 0.3 is 11.7 Å². The standard InChI is InChI=1S/C18H18N6O4/c1-2-7-24-14-13(16(26)23-18(24)28)8-10(9-20-14)15(25)21-11-3-5-12(6-4-11)22-17(19)27/h3-6,8-9H,2,7H2,1H3,(H,21,25)(H3,19,22,27)(H,23,26,28). The zero-order chi connectivity index (χ0) is 20.3. The zero-order valence-electron chi connectivity index (χ0n) is 15.0. The van der Waals surface area contributed by atoms with Crippen molar-refractivity contribution in [2.45, 2.75) is 19.9 Å². The van der Waals surface area contributed by atoms with Gasteiger partial charge in [-0.2, -0.15) is 0 Å². The third-order valence-electron chi connectivity index (χ3n) is 3.95. The molecule has 144 valence electrons. The molecular formula is C18H18N6O4. The number of amides is 3. The van der Waals surface area contributed by atoms with Crippen molar-refractivity contribution in [1.29, 1.82) is 0 Å². The molecule has 2 aromatic heterocycles. The van der Waals surface area contributed by atoms with E-state index in [1.807, 2.05) is 6.92 Å². The molecule has 0 radical (unpaired) electrons. The Hall–Kier alpha value is -3.95. The van der Waals surface area contributed by atoms with E-state index in [1.165, 1.54) is 16.8 Å². The van der Waals surface area contributed by atoms with E-state index in [2.05, 4.69) is 20.6 Å². The van der Waals surface area contributed by atoms with Gasteiger partial charge in [-0.05, 0) is 36.8 Å². The number of nitrogens with one attached hydrogen (secondary N) is 3. The summed E-state index contributed by atoms with van der Waals surface area (Å²) < 4.78 is 1.36. The molecule has 1 aromatic carbocycles. The second-order valence-corrected chi connectivity index (χ2v) is 6.03. The number of hydrogen-bond donors (Lipinski definition) is 4.